The molecule has 0 fully saturated rings. The predicted octanol–water partition coefficient (Wildman–Crippen LogP) is 4.87. The van der Waals surface area contributed by atoms with E-state index in [0.717, 1.165) is 28.2 Å². The summed E-state index contributed by atoms with van der Waals surface area (Å²) in [7, 11) is 0. The second-order valence-corrected chi connectivity index (χ2v) is 5.52. The number of hydrogen-bond donors (Lipinski definition) is 0. The van der Waals surface area contributed by atoms with Gasteiger partial charge in [0.05, 0.1) is 5.69 Å². The molecule has 0 atom stereocenters. The number of nitrogens with zero attached hydrogens (tertiary/aromatic N) is 2. The van der Waals surface area contributed by atoms with E-state index in [1.807, 2.05) is 31.2 Å². The van der Waals surface area contributed by atoms with E-state index >= 15 is 0 Å². The molecule has 0 aliphatic rings. The Morgan fingerprint density at radius 3 is 2.38 bits per heavy atom. The van der Waals surface area contributed by atoms with Crippen molar-refractivity contribution >= 4 is 10.8 Å². The predicted molar refractivity (Wildman–Crippen MR) is 83.8 cm³/mol. The summed E-state index contributed by atoms with van der Waals surface area (Å²) in [5, 5.41) is 1.50. The Morgan fingerprint density at radius 1 is 0.952 bits per heavy atom. The maximum atomic E-state index is 13.9. The SMILES string of the molecule is Cc1nc(-c2ccc(F)c3ccccc23)cc(C(C)C)n1. The van der Waals surface area contributed by atoms with Crippen molar-refractivity contribution in [1.82, 2.24) is 9.97 Å². The van der Waals surface area contributed by atoms with Crippen molar-refractivity contribution in [3.05, 3.63) is 59.8 Å². The highest BCUT2D eigenvalue weighted by Crippen LogP contribution is 2.30. The fraction of sp³-hybridized carbons (Fsp3) is 0.222. The van der Waals surface area contributed by atoms with Crippen LogP contribution in [0.5, 0.6) is 0 Å². The van der Waals surface area contributed by atoms with Crippen LogP contribution in [-0.2, 0) is 0 Å². The fourth-order valence-corrected chi connectivity index (χ4v) is 2.51. The summed E-state index contributed by atoms with van der Waals surface area (Å²) >= 11 is 0. The third-order valence-electron chi connectivity index (χ3n) is 3.60. The van der Waals surface area contributed by atoms with Crippen molar-refractivity contribution in [2.24, 2.45) is 0 Å². The molecule has 0 radical (unpaired) electrons. The largest absolute Gasteiger partial charge is 0.238 e. The van der Waals surface area contributed by atoms with Crippen LogP contribution < -0.4 is 0 Å². The second kappa shape index (κ2) is 5.24. The lowest BCUT2D eigenvalue weighted by Crippen LogP contribution is -1.99. The lowest BCUT2D eigenvalue weighted by molar-refractivity contribution is 0.640. The number of benzene rings is 2. The van der Waals surface area contributed by atoms with Crippen LogP contribution in [0, 0.1) is 12.7 Å². The zero-order valence-electron chi connectivity index (χ0n) is 12.4. The maximum Gasteiger partial charge on any atom is 0.131 e. The number of rotatable bonds is 2. The Bertz CT molecular complexity index is 809. The molecule has 0 saturated heterocycles. The van der Waals surface area contributed by atoms with Crippen LogP contribution in [0.4, 0.5) is 4.39 Å². The molecule has 0 spiro atoms. The smallest absolute Gasteiger partial charge is 0.131 e. The van der Waals surface area contributed by atoms with E-state index in [0.29, 0.717) is 11.3 Å². The standard InChI is InChI=1S/C18H17FN2/c1-11(2)17-10-18(21-12(3)20-17)15-8-9-16(19)14-7-5-4-6-13(14)15/h4-11H,1-3H3. The molecule has 3 rings (SSSR count). The first-order chi connectivity index (χ1) is 10.1. The van der Waals surface area contributed by atoms with Crippen molar-refractivity contribution in [2.75, 3.05) is 0 Å². The van der Waals surface area contributed by atoms with Gasteiger partial charge in [-0.05, 0) is 36.4 Å². The highest BCUT2D eigenvalue weighted by Gasteiger charge is 2.11. The Balaban J connectivity index is 2.28. The van der Waals surface area contributed by atoms with Crippen LogP contribution in [0.1, 0.15) is 31.3 Å². The molecule has 0 aliphatic heterocycles. The zero-order chi connectivity index (χ0) is 15.0. The minimum Gasteiger partial charge on any atom is -0.238 e. The third kappa shape index (κ3) is 2.51. The number of aromatic nitrogens is 2. The molecule has 106 valence electrons. The molecule has 0 bridgehead atoms. The average molecular weight is 280 g/mol. The summed E-state index contributed by atoms with van der Waals surface area (Å²) in [5.74, 6) is 0.867. The molecule has 0 saturated carbocycles. The van der Waals surface area contributed by atoms with Gasteiger partial charge in [0.1, 0.15) is 11.6 Å². The van der Waals surface area contributed by atoms with Gasteiger partial charge in [0.15, 0.2) is 0 Å². The molecule has 21 heavy (non-hydrogen) atoms. The van der Waals surface area contributed by atoms with Crippen LogP contribution in [0.3, 0.4) is 0 Å². The molecule has 1 aromatic heterocycles. The van der Waals surface area contributed by atoms with E-state index in [4.69, 9.17) is 0 Å². The summed E-state index contributed by atoms with van der Waals surface area (Å²) in [6, 6.07) is 12.8. The van der Waals surface area contributed by atoms with Gasteiger partial charge in [-0.2, -0.15) is 0 Å². The van der Waals surface area contributed by atoms with Gasteiger partial charge in [-0.3, -0.25) is 0 Å². The fourth-order valence-electron chi connectivity index (χ4n) is 2.51. The highest BCUT2D eigenvalue weighted by atomic mass is 19.1. The van der Waals surface area contributed by atoms with E-state index < -0.39 is 0 Å². The van der Waals surface area contributed by atoms with E-state index in [-0.39, 0.29) is 5.82 Å². The van der Waals surface area contributed by atoms with Gasteiger partial charge in [-0.1, -0.05) is 38.1 Å². The number of fused-ring (bicyclic) bond motifs is 1. The number of halogens is 1. The molecule has 3 aromatic rings. The van der Waals surface area contributed by atoms with Crippen molar-refractivity contribution in [3.8, 4) is 11.3 Å². The summed E-state index contributed by atoms with van der Waals surface area (Å²) in [6.07, 6.45) is 0. The molecule has 3 heteroatoms. The normalized spacial score (nSPS) is 11.3. The van der Waals surface area contributed by atoms with Gasteiger partial charge >= 0.3 is 0 Å². The molecule has 2 nitrogen and oxygen atoms in total. The van der Waals surface area contributed by atoms with E-state index in [1.54, 1.807) is 12.1 Å². The number of aryl methyl sites for hydroxylation is 1. The molecular formula is C18H17FN2. The summed E-state index contributed by atoms with van der Waals surface area (Å²) < 4.78 is 13.9. The van der Waals surface area contributed by atoms with E-state index in [2.05, 4.69) is 23.8 Å². The van der Waals surface area contributed by atoms with Gasteiger partial charge in [-0.25, -0.2) is 14.4 Å². The maximum absolute atomic E-state index is 13.9. The van der Waals surface area contributed by atoms with Gasteiger partial charge in [0.25, 0.3) is 0 Å². The van der Waals surface area contributed by atoms with Crippen LogP contribution in [0.15, 0.2) is 42.5 Å². The molecule has 0 N–H and O–H groups in total. The number of hydrogen-bond acceptors (Lipinski definition) is 2. The van der Waals surface area contributed by atoms with Crippen molar-refractivity contribution in [3.63, 3.8) is 0 Å². The Kier molecular flexibility index (Phi) is 3.42. The van der Waals surface area contributed by atoms with Crippen molar-refractivity contribution < 1.29 is 4.39 Å². The third-order valence-corrected chi connectivity index (χ3v) is 3.60. The summed E-state index contributed by atoms with van der Waals surface area (Å²) in [6.45, 7) is 6.10. The first-order valence-electron chi connectivity index (χ1n) is 7.09. The van der Waals surface area contributed by atoms with Crippen LogP contribution in [-0.4, -0.2) is 9.97 Å². The first kappa shape index (κ1) is 13.7. The van der Waals surface area contributed by atoms with Crippen molar-refractivity contribution in [1.29, 1.82) is 0 Å². The monoisotopic (exact) mass is 280 g/mol. The molecule has 2 aromatic carbocycles. The van der Waals surface area contributed by atoms with E-state index in [1.165, 1.54) is 6.07 Å². The zero-order valence-corrected chi connectivity index (χ0v) is 12.4. The van der Waals surface area contributed by atoms with Crippen molar-refractivity contribution in [2.45, 2.75) is 26.7 Å². The average Bonchev–Trinajstić information content (AvgIpc) is 2.47. The quantitative estimate of drug-likeness (QED) is 0.669. The lowest BCUT2D eigenvalue weighted by Gasteiger charge is -2.11. The van der Waals surface area contributed by atoms with Crippen LogP contribution in [0.2, 0.25) is 0 Å². The minimum atomic E-state index is -0.204. The minimum absolute atomic E-state index is 0.204. The summed E-state index contributed by atoms with van der Waals surface area (Å²) in [4.78, 5) is 9.00. The Labute approximate surface area is 123 Å². The Morgan fingerprint density at radius 2 is 1.67 bits per heavy atom. The van der Waals surface area contributed by atoms with E-state index in [9.17, 15) is 4.39 Å². The van der Waals surface area contributed by atoms with Gasteiger partial charge in [-0.15, -0.1) is 0 Å². The lowest BCUT2D eigenvalue weighted by atomic mass is 10.00. The second-order valence-electron chi connectivity index (χ2n) is 5.52. The first-order valence-corrected chi connectivity index (χ1v) is 7.09. The highest BCUT2D eigenvalue weighted by molar-refractivity contribution is 5.96. The molecular weight excluding hydrogens is 263 g/mol. The topological polar surface area (TPSA) is 25.8 Å². The van der Waals surface area contributed by atoms with Crippen LogP contribution in [0.25, 0.3) is 22.0 Å². The van der Waals surface area contributed by atoms with Gasteiger partial charge < -0.3 is 0 Å². The molecule has 1 heterocycles. The molecule has 0 aliphatic carbocycles. The molecule has 0 amide bonds. The van der Waals surface area contributed by atoms with Crippen LogP contribution >= 0.6 is 0 Å². The van der Waals surface area contributed by atoms with Gasteiger partial charge in [0.2, 0.25) is 0 Å². The Hall–Kier alpha value is -2.29. The van der Waals surface area contributed by atoms with Gasteiger partial charge in [0, 0.05) is 16.6 Å². The summed E-state index contributed by atoms with van der Waals surface area (Å²) in [5.41, 5.74) is 2.80. The molecule has 0 unspecified atom stereocenters.